The Morgan fingerprint density at radius 3 is 2.78 bits per heavy atom. The van der Waals surface area contributed by atoms with Crippen molar-refractivity contribution >= 4 is 17.8 Å². The molecule has 1 aromatic rings. The van der Waals surface area contributed by atoms with E-state index in [1.807, 2.05) is 11.8 Å². The number of thioether (sulfide) groups is 1. The third-order valence-corrected chi connectivity index (χ3v) is 5.27. The van der Waals surface area contributed by atoms with E-state index < -0.39 is 17.7 Å². The quantitative estimate of drug-likeness (QED) is 0.898. The second-order valence-electron chi connectivity index (χ2n) is 5.82. The van der Waals surface area contributed by atoms with E-state index in [0.29, 0.717) is 25.3 Å². The monoisotopic (exact) mass is 342 g/mol. The van der Waals surface area contributed by atoms with E-state index in [1.165, 1.54) is 6.07 Å². The van der Waals surface area contributed by atoms with Gasteiger partial charge in [0.1, 0.15) is 6.10 Å². The molecule has 2 amide bonds. The van der Waals surface area contributed by atoms with Crippen LogP contribution >= 0.6 is 11.8 Å². The third kappa shape index (κ3) is 4.14. The topological polar surface area (TPSA) is 41.6 Å². The summed E-state index contributed by atoms with van der Waals surface area (Å²) in [6, 6.07) is 3.86. The number of benzene rings is 1. The van der Waals surface area contributed by atoms with Gasteiger partial charge >= 0.3 is 6.03 Å². The van der Waals surface area contributed by atoms with Crippen LogP contribution in [0.1, 0.15) is 24.5 Å². The van der Waals surface area contributed by atoms with Crippen molar-refractivity contribution in [3.8, 4) is 0 Å². The molecule has 0 spiro atoms. The van der Waals surface area contributed by atoms with Gasteiger partial charge in [0.15, 0.2) is 11.6 Å². The lowest BCUT2D eigenvalue weighted by Gasteiger charge is -2.34. The number of hydrogen-bond donors (Lipinski definition) is 1. The fourth-order valence-electron chi connectivity index (χ4n) is 2.86. The van der Waals surface area contributed by atoms with Crippen LogP contribution in [-0.2, 0) is 4.74 Å². The molecule has 1 atom stereocenters. The zero-order chi connectivity index (χ0) is 16.2. The van der Waals surface area contributed by atoms with Crippen molar-refractivity contribution in [2.75, 3.05) is 31.2 Å². The minimum Gasteiger partial charge on any atom is -0.370 e. The summed E-state index contributed by atoms with van der Waals surface area (Å²) in [5, 5.41) is 3.07. The summed E-state index contributed by atoms with van der Waals surface area (Å²) in [4.78, 5) is 14.1. The number of carbonyl (C=O) groups excluding carboxylic acids is 1. The smallest absolute Gasteiger partial charge is 0.317 e. The highest BCUT2D eigenvalue weighted by Gasteiger charge is 2.27. The van der Waals surface area contributed by atoms with Gasteiger partial charge in [0.25, 0.3) is 0 Å². The van der Waals surface area contributed by atoms with Gasteiger partial charge in [-0.2, -0.15) is 11.8 Å². The van der Waals surface area contributed by atoms with Crippen molar-refractivity contribution in [2.24, 2.45) is 0 Å². The molecule has 0 aromatic heterocycles. The van der Waals surface area contributed by atoms with Gasteiger partial charge in [-0.1, -0.05) is 6.07 Å². The van der Waals surface area contributed by atoms with Gasteiger partial charge in [-0.05, 0) is 42.0 Å². The van der Waals surface area contributed by atoms with Crippen LogP contribution in [0.15, 0.2) is 18.2 Å². The number of ether oxygens (including phenoxy) is 1. The SMILES string of the molecule is O=C(NC1CCSCC1)N1CCO[C@@H](c2ccc(F)c(F)c2)C1. The molecule has 126 valence electrons. The molecule has 3 rings (SSSR count). The molecule has 2 fully saturated rings. The van der Waals surface area contributed by atoms with Gasteiger partial charge < -0.3 is 15.0 Å². The van der Waals surface area contributed by atoms with E-state index >= 15 is 0 Å². The summed E-state index contributed by atoms with van der Waals surface area (Å²) in [7, 11) is 0. The van der Waals surface area contributed by atoms with Crippen molar-refractivity contribution in [3.63, 3.8) is 0 Å². The highest BCUT2D eigenvalue weighted by atomic mass is 32.2. The molecule has 0 saturated carbocycles. The molecule has 7 heteroatoms. The molecular weight excluding hydrogens is 322 g/mol. The molecule has 23 heavy (non-hydrogen) atoms. The molecule has 0 bridgehead atoms. The number of urea groups is 1. The van der Waals surface area contributed by atoms with Gasteiger partial charge in [0.05, 0.1) is 13.2 Å². The maximum Gasteiger partial charge on any atom is 0.317 e. The van der Waals surface area contributed by atoms with Crippen LogP contribution in [0, 0.1) is 11.6 Å². The largest absolute Gasteiger partial charge is 0.370 e. The van der Waals surface area contributed by atoms with Crippen LogP contribution in [0.5, 0.6) is 0 Å². The molecule has 2 aliphatic heterocycles. The second kappa shape index (κ2) is 7.49. The number of halogens is 2. The highest BCUT2D eigenvalue weighted by Crippen LogP contribution is 2.24. The second-order valence-corrected chi connectivity index (χ2v) is 7.04. The number of hydrogen-bond acceptors (Lipinski definition) is 3. The molecule has 0 aliphatic carbocycles. The maximum atomic E-state index is 13.4. The normalized spacial score (nSPS) is 22.9. The summed E-state index contributed by atoms with van der Waals surface area (Å²) >= 11 is 1.91. The molecule has 2 aliphatic rings. The molecule has 2 heterocycles. The zero-order valence-electron chi connectivity index (χ0n) is 12.8. The van der Waals surface area contributed by atoms with Crippen molar-refractivity contribution in [1.29, 1.82) is 0 Å². The molecule has 0 radical (unpaired) electrons. The Kier molecular flexibility index (Phi) is 5.38. The summed E-state index contributed by atoms with van der Waals surface area (Å²) in [5.41, 5.74) is 0.551. The van der Waals surface area contributed by atoms with Gasteiger partial charge in [0.2, 0.25) is 0 Å². The van der Waals surface area contributed by atoms with Crippen molar-refractivity contribution in [2.45, 2.75) is 25.0 Å². The lowest BCUT2D eigenvalue weighted by atomic mass is 10.1. The van der Waals surface area contributed by atoms with Gasteiger partial charge in [-0.3, -0.25) is 0 Å². The average molecular weight is 342 g/mol. The van der Waals surface area contributed by atoms with Crippen LogP contribution in [-0.4, -0.2) is 48.2 Å². The first-order valence-electron chi connectivity index (χ1n) is 7.83. The van der Waals surface area contributed by atoms with E-state index in [0.717, 1.165) is 36.5 Å². The van der Waals surface area contributed by atoms with E-state index in [9.17, 15) is 13.6 Å². The average Bonchev–Trinajstić information content (AvgIpc) is 2.58. The zero-order valence-corrected chi connectivity index (χ0v) is 13.6. The Morgan fingerprint density at radius 1 is 1.26 bits per heavy atom. The molecule has 0 unspecified atom stereocenters. The predicted octanol–water partition coefficient (Wildman–Crippen LogP) is 2.94. The third-order valence-electron chi connectivity index (χ3n) is 4.22. The predicted molar refractivity (Wildman–Crippen MR) is 85.5 cm³/mol. The van der Waals surface area contributed by atoms with Crippen molar-refractivity contribution in [1.82, 2.24) is 10.2 Å². The Hall–Kier alpha value is -1.34. The van der Waals surface area contributed by atoms with E-state index in [2.05, 4.69) is 5.32 Å². The summed E-state index contributed by atoms with van der Waals surface area (Å²) in [6.45, 7) is 1.24. The number of rotatable bonds is 2. The molecule has 1 aromatic carbocycles. The summed E-state index contributed by atoms with van der Waals surface area (Å²) in [5.74, 6) is 0.374. The number of amides is 2. The number of carbonyl (C=O) groups is 1. The van der Waals surface area contributed by atoms with Gasteiger partial charge in [0, 0.05) is 12.6 Å². The van der Waals surface area contributed by atoms with Crippen LogP contribution in [0.25, 0.3) is 0 Å². The van der Waals surface area contributed by atoms with Crippen molar-refractivity contribution < 1.29 is 18.3 Å². The number of nitrogens with one attached hydrogen (secondary N) is 1. The Balaban J connectivity index is 1.60. The van der Waals surface area contributed by atoms with Crippen LogP contribution in [0.2, 0.25) is 0 Å². The number of nitrogens with zero attached hydrogens (tertiary/aromatic N) is 1. The maximum absolute atomic E-state index is 13.4. The standard InChI is InChI=1S/C16H20F2N2O2S/c17-13-2-1-11(9-14(13)18)15-10-20(5-6-22-15)16(21)19-12-3-7-23-8-4-12/h1-2,9,12,15H,3-8,10H2,(H,19,21)/t15-/m1/s1. The van der Waals surface area contributed by atoms with E-state index in [4.69, 9.17) is 4.74 Å². The number of morpholine rings is 1. The molecule has 1 N–H and O–H groups in total. The fourth-order valence-corrected chi connectivity index (χ4v) is 3.96. The van der Waals surface area contributed by atoms with E-state index in [-0.39, 0.29) is 12.1 Å². The van der Waals surface area contributed by atoms with Crippen LogP contribution < -0.4 is 5.32 Å². The molecule has 4 nitrogen and oxygen atoms in total. The lowest BCUT2D eigenvalue weighted by Crippen LogP contribution is -2.50. The fraction of sp³-hybridized carbons (Fsp3) is 0.562. The van der Waals surface area contributed by atoms with Gasteiger partial charge in [-0.25, -0.2) is 13.6 Å². The minimum absolute atomic E-state index is 0.0993. The first-order chi connectivity index (χ1) is 11.1. The van der Waals surface area contributed by atoms with Crippen molar-refractivity contribution in [3.05, 3.63) is 35.4 Å². The Labute approximate surface area is 138 Å². The Morgan fingerprint density at radius 2 is 2.04 bits per heavy atom. The summed E-state index contributed by atoms with van der Waals surface area (Å²) < 4.78 is 32.0. The first kappa shape index (κ1) is 16.5. The molecular formula is C16H20F2N2O2S. The van der Waals surface area contributed by atoms with Crippen LogP contribution in [0.4, 0.5) is 13.6 Å². The first-order valence-corrected chi connectivity index (χ1v) is 8.98. The van der Waals surface area contributed by atoms with E-state index in [1.54, 1.807) is 4.90 Å². The minimum atomic E-state index is -0.896. The Bertz CT molecular complexity index is 567. The highest BCUT2D eigenvalue weighted by molar-refractivity contribution is 7.99. The van der Waals surface area contributed by atoms with Gasteiger partial charge in [-0.15, -0.1) is 0 Å². The van der Waals surface area contributed by atoms with Crippen LogP contribution in [0.3, 0.4) is 0 Å². The lowest BCUT2D eigenvalue weighted by molar-refractivity contribution is -0.0160. The molecule has 2 saturated heterocycles. The summed E-state index contributed by atoms with van der Waals surface area (Å²) in [6.07, 6.45) is 1.56.